The molecule has 1 aromatic rings. The summed E-state index contributed by atoms with van der Waals surface area (Å²) in [4.78, 5) is 0. The summed E-state index contributed by atoms with van der Waals surface area (Å²) in [5, 5.41) is 3.39. The third-order valence-electron chi connectivity index (χ3n) is 4.15. The Kier molecular flexibility index (Phi) is 5.76. The lowest BCUT2D eigenvalue weighted by molar-refractivity contribution is 0.343. The van der Waals surface area contributed by atoms with Crippen molar-refractivity contribution < 1.29 is 12.8 Å². The van der Waals surface area contributed by atoms with Gasteiger partial charge in [-0.1, -0.05) is 19.1 Å². The Hall–Kier alpha value is -0.940. The van der Waals surface area contributed by atoms with E-state index in [0.717, 1.165) is 37.9 Å². The summed E-state index contributed by atoms with van der Waals surface area (Å²) >= 11 is 0. The molecule has 1 heterocycles. The minimum absolute atomic E-state index is 0.183. The fourth-order valence-electron chi connectivity index (χ4n) is 3.03. The second kappa shape index (κ2) is 7.36. The molecular weight excluding hydrogens is 289 g/mol. The molecule has 0 radical (unpaired) electrons. The molecule has 1 N–H and O–H groups in total. The zero-order valence-corrected chi connectivity index (χ0v) is 13.3. The molecule has 0 amide bonds. The Labute approximate surface area is 126 Å². The normalized spacial score (nSPS) is 22.3. The van der Waals surface area contributed by atoms with Gasteiger partial charge in [0.1, 0.15) is 5.82 Å². The van der Waals surface area contributed by atoms with Crippen molar-refractivity contribution in [1.29, 1.82) is 0 Å². The van der Waals surface area contributed by atoms with E-state index in [-0.39, 0.29) is 23.4 Å². The zero-order chi connectivity index (χ0) is 15.3. The SMILES string of the molecule is CCCNCC(Cc1cccc(F)c1)C1CCS(=O)(=O)C1. The molecule has 118 valence electrons. The Morgan fingerprint density at radius 1 is 1.43 bits per heavy atom. The molecule has 1 saturated heterocycles. The van der Waals surface area contributed by atoms with Crippen LogP contribution in [0.1, 0.15) is 25.3 Å². The van der Waals surface area contributed by atoms with Crippen LogP contribution in [0.25, 0.3) is 0 Å². The smallest absolute Gasteiger partial charge is 0.150 e. The van der Waals surface area contributed by atoms with Gasteiger partial charge in [-0.2, -0.15) is 0 Å². The first-order valence-corrected chi connectivity index (χ1v) is 9.48. The molecule has 0 aromatic heterocycles. The lowest BCUT2D eigenvalue weighted by atomic mass is 9.86. The summed E-state index contributed by atoms with van der Waals surface area (Å²) in [6.45, 7) is 3.83. The number of benzene rings is 1. The standard InChI is InChI=1S/C16H24FNO2S/c1-2-7-18-11-15(14-6-8-21(19,20)12-14)9-13-4-3-5-16(17)10-13/h3-5,10,14-15,18H,2,6-9,11-12H2,1H3. The van der Waals surface area contributed by atoms with Gasteiger partial charge in [0, 0.05) is 0 Å². The number of nitrogens with one attached hydrogen (secondary N) is 1. The molecule has 0 saturated carbocycles. The average Bonchev–Trinajstić information content (AvgIpc) is 2.78. The van der Waals surface area contributed by atoms with Crippen LogP contribution in [0, 0.1) is 17.7 Å². The number of rotatable bonds is 7. The van der Waals surface area contributed by atoms with Crippen LogP contribution >= 0.6 is 0 Å². The number of sulfone groups is 1. The van der Waals surface area contributed by atoms with Gasteiger partial charge in [-0.05, 0) is 61.9 Å². The molecule has 1 aromatic carbocycles. The lowest BCUT2D eigenvalue weighted by Gasteiger charge is -2.23. The maximum atomic E-state index is 13.3. The molecule has 1 aliphatic heterocycles. The zero-order valence-electron chi connectivity index (χ0n) is 12.5. The quantitative estimate of drug-likeness (QED) is 0.786. The maximum Gasteiger partial charge on any atom is 0.150 e. The van der Waals surface area contributed by atoms with Gasteiger partial charge in [-0.15, -0.1) is 0 Å². The van der Waals surface area contributed by atoms with Crippen molar-refractivity contribution in [1.82, 2.24) is 5.32 Å². The predicted octanol–water partition coefficient (Wildman–Crippen LogP) is 2.42. The average molecular weight is 313 g/mol. The minimum atomic E-state index is -2.87. The summed E-state index contributed by atoms with van der Waals surface area (Å²) < 4.78 is 36.7. The van der Waals surface area contributed by atoms with Crippen molar-refractivity contribution in [2.45, 2.75) is 26.2 Å². The Morgan fingerprint density at radius 2 is 2.24 bits per heavy atom. The topological polar surface area (TPSA) is 46.2 Å². The van der Waals surface area contributed by atoms with E-state index in [2.05, 4.69) is 12.2 Å². The van der Waals surface area contributed by atoms with Crippen molar-refractivity contribution in [2.24, 2.45) is 11.8 Å². The van der Waals surface area contributed by atoms with E-state index in [4.69, 9.17) is 0 Å². The van der Waals surface area contributed by atoms with Crippen molar-refractivity contribution in [3.63, 3.8) is 0 Å². The molecule has 2 rings (SSSR count). The van der Waals surface area contributed by atoms with Crippen LogP contribution in [0.3, 0.4) is 0 Å². The first kappa shape index (κ1) is 16.4. The van der Waals surface area contributed by atoms with E-state index in [1.54, 1.807) is 12.1 Å². The van der Waals surface area contributed by atoms with Crippen LogP contribution < -0.4 is 5.32 Å². The Morgan fingerprint density at radius 3 is 2.86 bits per heavy atom. The highest BCUT2D eigenvalue weighted by Gasteiger charge is 2.33. The van der Waals surface area contributed by atoms with Gasteiger partial charge in [0.2, 0.25) is 0 Å². The highest BCUT2D eigenvalue weighted by Crippen LogP contribution is 2.28. The third-order valence-corrected chi connectivity index (χ3v) is 5.95. The summed E-state index contributed by atoms with van der Waals surface area (Å²) in [5.41, 5.74) is 0.947. The molecule has 5 heteroatoms. The van der Waals surface area contributed by atoms with E-state index in [1.165, 1.54) is 6.07 Å². The first-order chi connectivity index (χ1) is 10.00. The van der Waals surface area contributed by atoms with Gasteiger partial charge >= 0.3 is 0 Å². The van der Waals surface area contributed by atoms with Crippen molar-refractivity contribution >= 4 is 9.84 Å². The molecule has 21 heavy (non-hydrogen) atoms. The number of hydrogen-bond donors (Lipinski definition) is 1. The van der Waals surface area contributed by atoms with E-state index < -0.39 is 9.84 Å². The number of halogens is 1. The summed E-state index contributed by atoms with van der Waals surface area (Å²) in [7, 11) is -2.87. The largest absolute Gasteiger partial charge is 0.316 e. The fraction of sp³-hybridized carbons (Fsp3) is 0.625. The van der Waals surface area contributed by atoms with Gasteiger partial charge in [0.05, 0.1) is 11.5 Å². The molecule has 1 aliphatic rings. The molecule has 0 spiro atoms. The van der Waals surface area contributed by atoms with Gasteiger partial charge in [0.25, 0.3) is 0 Å². The first-order valence-electron chi connectivity index (χ1n) is 7.66. The Balaban J connectivity index is 2.05. The van der Waals surface area contributed by atoms with E-state index in [1.807, 2.05) is 6.07 Å². The maximum absolute atomic E-state index is 13.3. The predicted molar refractivity (Wildman–Crippen MR) is 83.5 cm³/mol. The van der Waals surface area contributed by atoms with Crippen molar-refractivity contribution in [3.8, 4) is 0 Å². The van der Waals surface area contributed by atoms with E-state index in [9.17, 15) is 12.8 Å². The summed E-state index contributed by atoms with van der Waals surface area (Å²) in [6.07, 6.45) is 2.51. The molecule has 0 bridgehead atoms. The van der Waals surface area contributed by atoms with Crippen LogP contribution in [0.2, 0.25) is 0 Å². The highest BCUT2D eigenvalue weighted by atomic mass is 32.2. The van der Waals surface area contributed by atoms with Crippen LogP contribution in [0.15, 0.2) is 24.3 Å². The van der Waals surface area contributed by atoms with Crippen LogP contribution in [-0.4, -0.2) is 33.0 Å². The van der Waals surface area contributed by atoms with Gasteiger partial charge in [0.15, 0.2) is 9.84 Å². The monoisotopic (exact) mass is 313 g/mol. The molecule has 3 nitrogen and oxygen atoms in total. The van der Waals surface area contributed by atoms with Crippen molar-refractivity contribution in [3.05, 3.63) is 35.6 Å². The van der Waals surface area contributed by atoms with Crippen LogP contribution in [0.4, 0.5) is 4.39 Å². The van der Waals surface area contributed by atoms with E-state index in [0.29, 0.717) is 5.75 Å². The second-order valence-electron chi connectivity index (χ2n) is 5.96. The highest BCUT2D eigenvalue weighted by molar-refractivity contribution is 7.91. The number of hydrogen-bond acceptors (Lipinski definition) is 3. The fourth-order valence-corrected chi connectivity index (χ4v) is 4.95. The van der Waals surface area contributed by atoms with Gasteiger partial charge in [-0.25, -0.2) is 12.8 Å². The molecule has 2 atom stereocenters. The van der Waals surface area contributed by atoms with E-state index >= 15 is 0 Å². The molecular formula is C16H24FNO2S. The van der Waals surface area contributed by atoms with Gasteiger partial charge < -0.3 is 5.32 Å². The van der Waals surface area contributed by atoms with Crippen molar-refractivity contribution in [2.75, 3.05) is 24.6 Å². The second-order valence-corrected chi connectivity index (χ2v) is 8.19. The lowest BCUT2D eigenvalue weighted by Crippen LogP contribution is -2.31. The minimum Gasteiger partial charge on any atom is -0.316 e. The van der Waals surface area contributed by atoms with Crippen LogP contribution in [0.5, 0.6) is 0 Å². The molecule has 0 aliphatic carbocycles. The summed E-state index contributed by atoms with van der Waals surface area (Å²) in [6, 6.07) is 6.62. The molecule has 2 unspecified atom stereocenters. The molecule has 1 fully saturated rings. The third kappa shape index (κ3) is 5.08. The van der Waals surface area contributed by atoms with Gasteiger partial charge in [-0.3, -0.25) is 0 Å². The van der Waals surface area contributed by atoms with Crippen LogP contribution in [-0.2, 0) is 16.3 Å². The summed E-state index contributed by atoms with van der Waals surface area (Å²) in [5.74, 6) is 0.774. The Bertz CT molecular complexity index is 559.